The van der Waals surface area contributed by atoms with Crippen LogP contribution in [-0.4, -0.2) is 64.1 Å². The minimum absolute atomic E-state index is 0.173. The summed E-state index contributed by atoms with van der Waals surface area (Å²) in [5, 5.41) is 9.74. The quantitative estimate of drug-likeness (QED) is 0.570. The summed E-state index contributed by atoms with van der Waals surface area (Å²) in [5.74, 6) is 0.791. The lowest BCUT2D eigenvalue weighted by atomic mass is 9.94. The third-order valence-corrected chi connectivity index (χ3v) is 5.14. The van der Waals surface area contributed by atoms with Crippen LogP contribution in [0.3, 0.4) is 0 Å². The summed E-state index contributed by atoms with van der Waals surface area (Å²) in [6.45, 7) is 5.64. The Labute approximate surface area is 148 Å². The van der Waals surface area contributed by atoms with E-state index < -0.39 is 0 Å². The van der Waals surface area contributed by atoms with Crippen LogP contribution in [0, 0.1) is 0 Å². The monoisotopic (exact) mass is 355 g/mol. The number of guanidine groups is 1. The van der Waals surface area contributed by atoms with E-state index in [0.717, 1.165) is 55.9 Å². The smallest absolute Gasteiger partial charge is 0.191 e. The highest BCUT2D eigenvalue weighted by molar-refractivity contribution is 7.13. The molecule has 0 unspecified atom stereocenters. The molecule has 24 heavy (non-hydrogen) atoms. The Morgan fingerprint density at radius 2 is 2.17 bits per heavy atom. The number of nitrogens with one attached hydrogen (secondary N) is 2. The number of ether oxygens (including phenoxy) is 2. The molecule has 0 atom stereocenters. The van der Waals surface area contributed by atoms with Crippen molar-refractivity contribution in [3.63, 3.8) is 0 Å². The van der Waals surface area contributed by atoms with Gasteiger partial charge in [-0.2, -0.15) is 0 Å². The summed E-state index contributed by atoms with van der Waals surface area (Å²) < 4.78 is 11.2. The molecule has 1 saturated heterocycles. The first-order valence-electron chi connectivity index (χ1n) is 8.35. The van der Waals surface area contributed by atoms with Crippen molar-refractivity contribution in [2.75, 3.05) is 52.4 Å². The predicted molar refractivity (Wildman–Crippen MR) is 99.1 cm³/mol. The highest BCUT2D eigenvalue weighted by Crippen LogP contribution is 2.23. The van der Waals surface area contributed by atoms with Crippen molar-refractivity contribution in [3.8, 4) is 0 Å². The number of rotatable bonds is 7. The van der Waals surface area contributed by atoms with Crippen LogP contribution in [0.25, 0.3) is 0 Å². The van der Waals surface area contributed by atoms with Crippen LogP contribution < -0.4 is 15.5 Å². The third kappa shape index (κ3) is 5.32. The van der Waals surface area contributed by atoms with Crippen molar-refractivity contribution < 1.29 is 9.47 Å². The third-order valence-electron chi connectivity index (χ3n) is 4.08. The molecule has 0 radical (unpaired) electrons. The van der Waals surface area contributed by atoms with Crippen LogP contribution in [0.2, 0.25) is 0 Å². The number of thiazole rings is 1. The highest BCUT2D eigenvalue weighted by Gasteiger charge is 2.32. The molecule has 0 spiro atoms. The molecule has 0 amide bonds. The van der Waals surface area contributed by atoms with Crippen molar-refractivity contribution in [1.29, 1.82) is 0 Å². The fourth-order valence-electron chi connectivity index (χ4n) is 2.52. The second-order valence-corrected chi connectivity index (χ2v) is 6.90. The Balaban J connectivity index is 1.94. The van der Waals surface area contributed by atoms with E-state index in [1.807, 2.05) is 19.0 Å². The summed E-state index contributed by atoms with van der Waals surface area (Å²) in [5.41, 5.74) is 0.807. The predicted octanol–water partition coefficient (Wildman–Crippen LogP) is 1.46. The van der Waals surface area contributed by atoms with Crippen LogP contribution in [-0.2, 0) is 16.0 Å². The van der Waals surface area contributed by atoms with E-state index in [0.29, 0.717) is 6.54 Å². The molecule has 0 bridgehead atoms. The van der Waals surface area contributed by atoms with E-state index >= 15 is 0 Å². The van der Waals surface area contributed by atoms with Gasteiger partial charge >= 0.3 is 0 Å². The average molecular weight is 356 g/mol. The van der Waals surface area contributed by atoms with Gasteiger partial charge in [0.05, 0.1) is 17.8 Å². The van der Waals surface area contributed by atoms with Gasteiger partial charge in [-0.3, -0.25) is 0 Å². The maximum absolute atomic E-state index is 5.76. The maximum Gasteiger partial charge on any atom is 0.191 e. The second-order valence-electron chi connectivity index (χ2n) is 6.06. The molecule has 0 aromatic carbocycles. The molecule has 2 N–H and O–H groups in total. The maximum atomic E-state index is 5.76. The van der Waals surface area contributed by atoms with Crippen LogP contribution in [0.5, 0.6) is 0 Å². The van der Waals surface area contributed by atoms with Gasteiger partial charge in [0.2, 0.25) is 0 Å². The summed E-state index contributed by atoms with van der Waals surface area (Å²) >= 11 is 1.63. The lowest BCUT2D eigenvalue weighted by Gasteiger charge is -2.36. The molecule has 7 nitrogen and oxygen atoms in total. The molecule has 1 aromatic heterocycles. The number of methoxy groups -OCH3 is 1. The number of hydrogen-bond acceptors (Lipinski definition) is 6. The SMILES string of the molecule is CCNC(=NCc1csc(N(C)C)n1)NCC1(OC)CCOCC1. The van der Waals surface area contributed by atoms with Crippen molar-refractivity contribution in [3.05, 3.63) is 11.1 Å². The first-order chi connectivity index (χ1) is 11.6. The Morgan fingerprint density at radius 1 is 1.42 bits per heavy atom. The van der Waals surface area contributed by atoms with Crippen LogP contribution in [0.4, 0.5) is 5.13 Å². The van der Waals surface area contributed by atoms with E-state index in [2.05, 4.69) is 32.9 Å². The minimum atomic E-state index is -0.173. The molecule has 136 valence electrons. The Morgan fingerprint density at radius 3 is 2.75 bits per heavy atom. The number of aliphatic imine (C=N–C) groups is 1. The summed E-state index contributed by atoms with van der Waals surface area (Å²) in [6, 6.07) is 0. The van der Waals surface area contributed by atoms with Gasteiger partial charge in [-0.1, -0.05) is 0 Å². The Hall–Kier alpha value is -1.38. The van der Waals surface area contributed by atoms with Crippen molar-refractivity contribution in [2.45, 2.75) is 31.9 Å². The zero-order valence-electron chi connectivity index (χ0n) is 15.1. The zero-order chi connectivity index (χ0) is 17.4. The van der Waals surface area contributed by atoms with Gasteiger partial charge in [0.25, 0.3) is 0 Å². The number of anilines is 1. The molecule has 0 saturated carbocycles. The van der Waals surface area contributed by atoms with E-state index in [1.165, 1.54) is 0 Å². The normalized spacial score (nSPS) is 17.6. The first-order valence-corrected chi connectivity index (χ1v) is 9.23. The lowest BCUT2D eigenvalue weighted by molar-refractivity contribution is -0.0855. The van der Waals surface area contributed by atoms with Crippen molar-refractivity contribution in [2.24, 2.45) is 4.99 Å². The van der Waals surface area contributed by atoms with E-state index in [-0.39, 0.29) is 5.60 Å². The molecule has 0 aliphatic carbocycles. The highest BCUT2D eigenvalue weighted by atomic mass is 32.1. The van der Waals surface area contributed by atoms with Gasteiger partial charge in [0.1, 0.15) is 0 Å². The standard InChI is InChI=1S/C16H29N5O2S/c1-5-17-14(18-10-13-11-24-15(20-13)21(2)3)19-12-16(22-4)6-8-23-9-7-16/h11H,5-10,12H2,1-4H3,(H2,17,18,19). The minimum Gasteiger partial charge on any atom is -0.381 e. The molecule has 2 rings (SSSR count). The average Bonchev–Trinajstić information content (AvgIpc) is 3.07. The Kier molecular flexibility index (Phi) is 7.26. The van der Waals surface area contributed by atoms with E-state index in [9.17, 15) is 0 Å². The van der Waals surface area contributed by atoms with Crippen LogP contribution in [0.1, 0.15) is 25.5 Å². The summed E-state index contributed by atoms with van der Waals surface area (Å²) in [4.78, 5) is 11.2. The zero-order valence-corrected chi connectivity index (χ0v) is 15.9. The molecular formula is C16H29N5O2S. The molecule has 8 heteroatoms. The van der Waals surface area contributed by atoms with Gasteiger partial charge in [0, 0.05) is 65.7 Å². The Bertz CT molecular complexity index is 526. The summed E-state index contributed by atoms with van der Waals surface area (Å²) in [6.07, 6.45) is 1.79. The fraction of sp³-hybridized carbons (Fsp3) is 0.750. The van der Waals surface area contributed by atoms with Crippen LogP contribution >= 0.6 is 11.3 Å². The summed E-state index contributed by atoms with van der Waals surface area (Å²) in [7, 11) is 5.76. The second kappa shape index (κ2) is 9.19. The van der Waals surface area contributed by atoms with Gasteiger partial charge in [0.15, 0.2) is 11.1 Å². The lowest BCUT2D eigenvalue weighted by Crippen LogP contribution is -2.50. The number of aromatic nitrogens is 1. The van der Waals surface area contributed by atoms with Gasteiger partial charge < -0.3 is 25.0 Å². The van der Waals surface area contributed by atoms with Crippen molar-refractivity contribution in [1.82, 2.24) is 15.6 Å². The first kappa shape index (κ1) is 19.0. The molecule has 1 aliphatic rings. The van der Waals surface area contributed by atoms with E-state index in [4.69, 9.17) is 9.47 Å². The fourth-order valence-corrected chi connectivity index (χ4v) is 3.27. The molecule has 2 heterocycles. The number of hydrogen-bond donors (Lipinski definition) is 2. The van der Waals surface area contributed by atoms with Gasteiger partial charge in [-0.05, 0) is 6.92 Å². The van der Waals surface area contributed by atoms with Crippen molar-refractivity contribution >= 4 is 22.4 Å². The van der Waals surface area contributed by atoms with Crippen LogP contribution in [0.15, 0.2) is 10.4 Å². The molecule has 1 aliphatic heterocycles. The topological polar surface area (TPSA) is 71.0 Å². The molecule has 1 fully saturated rings. The molecular weight excluding hydrogens is 326 g/mol. The molecule has 1 aromatic rings. The largest absolute Gasteiger partial charge is 0.381 e. The van der Waals surface area contributed by atoms with Gasteiger partial charge in [-0.15, -0.1) is 11.3 Å². The van der Waals surface area contributed by atoms with Gasteiger partial charge in [-0.25, -0.2) is 9.98 Å². The van der Waals surface area contributed by atoms with E-state index in [1.54, 1.807) is 18.4 Å². The number of nitrogens with zero attached hydrogens (tertiary/aromatic N) is 3.